The molecule has 1 rings (SSSR count). The summed E-state index contributed by atoms with van der Waals surface area (Å²) in [7, 11) is 0. The number of carbonyl (C=O) groups is 1. The van der Waals surface area contributed by atoms with Crippen LogP contribution in [0.15, 0.2) is 28.7 Å². The van der Waals surface area contributed by atoms with Crippen molar-refractivity contribution in [2.45, 2.75) is 13.8 Å². The molecule has 0 aliphatic carbocycles. The maximum atomic E-state index is 11.6. The fourth-order valence-corrected chi connectivity index (χ4v) is 1.50. The molecule has 0 atom stereocenters. The maximum Gasteiger partial charge on any atom is 0.252 e. The van der Waals surface area contributed by atoms with Gasteiger partial charge < -0.3 is 5.32 Å². The monoisotopic (exact) mass is 255 g/mol. The quantitative estimate of drug-likeness (QED) is 0.885. The molecule has 2 nitrogen and oxygen atoms in total. The van der Waals surface area contributed by atoms with Gasteiger partial charge in [-0.25, -0.2) is 0 Å². The van der Waals surface area contributed by atoms with Crippen LogP contribution < -0.4 is 5.32 Å². The standard InChI is InChI=1S/C11H14BrNO/c1-8(2)7-13-11(14)9-5-3-4-6-10(9)12/h3-6,8H,7H2,1-2H3,(H,13,14). The highest BCUT2D eigenvalue weighted by atomic mass is 79.9. The van der Waals surface area contributed by atoms with Crippen molar-refractivity contribution in [3.8, 4) is 0 Å². The van der Waals surface area contributed by atoms with Gasteiger partial charge in [0.1, 0.15) is 0 Å². The van der Waals surface area contributed by atoms with Crippen molar-refractivity contribution >= 4 is 21.8 Å². The van der Waals surface area contributed by atoms with Gasteiger partial charge in [0.05, 0.1) is 5.56 Å². The van der Waals surface area contributed by atoms with E-state index in [-0.39, 0.29) is 5.91 Å². The summed E-state index contributed by atoms with van der Waals surface area (Å²) in [5.74, 6) is 0.451. The molecule has 0 saturated carbocycles. The second-order valence-electron chi connectivity index (χ2n) is 3.58. The first-order chi connectivity index (χ1) is 6.61. The Hall–Kier alpha value is -0.830. The van der Waals surface area contributed by atoms with Crippen LogP contribution in [0.1, 0.15) is 24.2 Å². The number of halogens is 1. The van der Waals surface area contributed by atoms with Crippen LogP contribution in [-0.4, -0.2) is 12.5 Å². The molecule has 0 spiro atoms. The Morgan fingerprint density at radius 1 is 1.43 bits per heavy atom. The Morgan fingerprint density at radius 3 is 2.64 bits per heavy atom. The number of hydrogen-bond acceptors (Lipinski definition) is 1. The summed E-state index contributed by atoms with van der Waals surface area (Å²) in [4.78, 5) is 11.6. The van der Waals surface area contributed by atoms with Gasteiger partial charge in [0.15, 0.2) is 0 Å². The third kappa shape index (κ3) is 3.14. The second kappa shape index (κ2) is 5.15. The molecule has 1 amide bonds. The van der Waals surface area contributed by atoms with Gasteiger partial charge >= 0.3 is 0 Å². The van der Waals surface area contributed by atoms with E-state index in [2.05, 4.69) is 35.1 Å². The Bertz CT molecular complexity index is 323. The van der Waals surface area contributed by atoms with E-state index in [4.69, 9.17) is 0 Å². The Kier molecular flexibility index (Phi) is 4.14. The van der Waals surface area contributed by atoms with Gasteiger partial charge in [-0.3, -0.25) is 4.79 Å². The van der Waals surface area contributed by atoms with E-state index in [0.717, 1.165) is 4.47 Å². The first kappa shape index (κ1) is 11.2. The molecular weight excluding hydrogens is 242 g/mol. The van der Waals surface area contributed by atoms with E-state index >= 15 is 0 Å². The van der Waals surface area contributed by atoms with Crippen LogP contribution in [0.25, 0.3) is 0 Å². The topological polar surface area (TPSA) is 29.1 Å². The molecule has 1 N–H and O–H groups in total. The Morgan fingerprint density at radius 2 is 2.07 bits per heavy atom. The fraction of sp³-hybridized carbons (Fsp3) is 0.364. The van der Waals surface area contributed by atoms with Crippen molar-refractivity contribution in [3.63, 3.8) is 0 Å². The minimum atomic E-state index is -0.0221. The average molecular weight is 256 g/mol. The molecule has 0 heterocycles. The molecule has 0 unspecified atom stereocenters. The van der Waals surface area contributed by atoms with Crippen LogP contribution in [0.5, 0.6) is 0 Å². The minimum Gasteiger partial charge on any atom is -0.352 e. The van der Waals surface area contributed by atoms with Gasteiger partial charge in [0.2, 0.25) is 0 Å². The first-order valence-electron chi connectivity index (χ1n) is 4.64. The lowest BCUT2D eigenvalue weighted by atomic mass is 10.2. The highest BCUT2D eigenvalue weighted by Crippen LogP contribution is 2.15. The van der Waals surface area contributed by atoms with E-state index in [1.165, 1.54) is 0 Å². The number of amides is 1. The minimum absolute atomic E-state index is 0.0221. The van der Waals surface area contributed by atoms with E-state index in [1.54, 1.807) is 6.07 Å². The molecule has 3 heteroatoms. The first-order valence-corrected chi connectivity index (χ1v) is 5.43. The second-order valence-corrected chi connectivity index (χ2v) is 4.44. The van der Waals surface area contributed by atoms with Gasteiger partial charge in [0.25, 0.3) is 5.91 Å². The lowest BCUT2D eigenvalue weighted by Crippen LogP contribution is -2.27. The molecule has 0 bridgehead atoms. The third-order valence-corrected chi connectivity index (χ3v) is 2.48. The van der Waals surface area contributed by atoms with Crippen molar-refractivity contribution in [3.05, 3.63) is 34.3 Å². The van der Waals surface area contributed by atoms with E-state index in [9.17, 15) is 4.79 Å². The van der Waals surface area contributed by atoms with Gasteiger partial charge in [-0.2, -0.15) is 0 Å². The van der Waals surface area contributed by atoms with Gasteiger partial charge in [-0.05, 0) is 34.0 Å². The van der Waals surface area contributed by atoms with Crippen LogP contribution in [0.3, 0.4) is 0 Å². The van der Waals surface area contributed by atoms with Crippen molar-refractivity contribution in [2.24, 2.45) is 5.92 Å². The Balaban J connectivity index is 2.65. The van der Waals surface area contributed by atoms with Crippen molar-refractivity contribution < 1.29 is 4.79 Å². The molecule has 76 valence electrons. The van der Waals surface area contributed by atoms with Crippen molar-refractivity contribution in [1.82, 2.24) is 5.32 Å². The van der Waals surface area contributed by atoms with Crippen LogP contribution in [0.4, 0.5) is 0 Å². The molecule has 1 aromatic carbocycles. The van der Waals surface area contributed by atoms with E-state index in [1.807, 2.05) is 18.2 Å². The fourth-order valence-electron chi connectivity index (χ4n) is 1.04. The number of rotatable bonds is 3. The molecule has 0 aromatic heterocycles. The molecule has 0 aliphatic rings. The third-order valence-electron chi connectivity index (χ3n) is 1.79. The average Bonchev–Trinajstić information content (AvgIpc) is 2.15. The number of nitrogens with one attached hydrogen (secondary N) is 1. The normalized spacial score (nSPS) is 10.3. The summed E-state index contributed by atoms with van der Waals surface area (Å²) in [5.41, 5.74) is 0.688. The summed E-state index contributed by atoms with van der Waals surface area (Å²) in [5, 5.41) is 2.87. The summed E-state index contributed by atoms with van der Waals surface area (Å²) < 4.78 is 0.834. The molecule has 0 aliphatic heterocycles. The zero-order valence-electron chi connectivity index (χ0n) is 8.38. The molecule has 0 radical (unpaired) electrons. The lowest BCUT2D eigenvalue weighted by Gasteiger charge is -2.08. The van der Waals surface area contributed by atoms with Crippen LogP contribution in [0.2, 0.25) is 0 Å². The summed E-state index contributed by atoms with van der Waals surface area (Å²) in [6.07, 6.45) is 0. The maximum absolute atomic E-state index is 11.6. The summed E-state index contributed by atoms with van der Waals surface area (Å²) in [6.45, 7) is 4.85. The summed E-state index contributed by atoms with van der Waals surface area (Å²) in [6, 6.07) is 7.42. The van der Waals surface area contributed by atoms with Crippen LogP contribution in [-0.2, 0) is 0 Å². The van der Waals surface area contributed by atoms with E-state index < -0.39 is 0 Å². The van der Waals surface area contributed by atoms with Crippen LogP contribution >= 0.6 is 15.9 Å². The van der Waals surface area contributed by atoms with Crippen molar-refractivity contribution in [1.29, 1.82) is 0 Å². The largest absolute Gasteiger partial charge is 0.352 e. The smallest absolute Gasteiger partial charge is 0.252 e. The van der Waals surface area contributed by atoms with E-state index in [0.29, 0.717) is 18.0 Å². The van der Waals surface area contributed by atoms with Crippen molar-refractivity contribution in [2.75, 3.05) is 6.54 Å². The highest BCUT2D eigenvalue weighted by molar-refractivity contribution is 9.10. The SMILES string of the molecule is CC(C)CNC(=O)c1ccccc1Br. The molecule has 1 aromatic rings. The van der Waals surface area contributed by atoms with Gasteiger partial charge in [0, 0.05) is 11.0 Å². The number of carbonyl (C=O) groups excluding carboxylic acids is 1. The summed E-state index contributed by atoms with van der Waals surface area (Å²) >= 11 is 3.34. The molecule has 0 saturated heterocycles. The lowest BCUT2D eigenvalue weighted by molar-refractivity contribution is 0.0948. The number of hydrogen-bond donors (Lipinski definition) is 1. The predicted molar refractivity (Wildman–Crippen MR) is 61.3 cm³/mol. The zero-order chi connectivity index (χ0) is 10.6. The predicted octanol–water partition coefficient (Wildman–Crippen LogP) is 2.83. The Labute approximate surface area is 92.8 Å². The highest BCUT2D eigenvalue weighted by Gasteiger charge is 2.08. The zero-order valence-corrected chi connectivity index (χ0v) is 9.97. The molecule has 0 fully saturated rings. The van der Waals surface area contributed by atoms with Gasteiger partial charge in [-0.15, -0.1) is 0 Å². The molecule has 14 heavy (non-hydrogen) atoms. The molecular formula is C11H14BrNO. The number of benzene rings is 1. The van der Waals surface area contributed by atoms with Gasteiger partial charge in [-0.1, -0.05) is 26.0 Å². The van der Waals surface area contributed by atoms with Crippen LogP contribution in [0, 0.1) is 5.92 Å².